The standard InChI is InChI=1S/C11H12O3/c1-8(10(14-2)11(12)13)9-6-4-3-5-7-9/h3-7H,1-2H3,(H,12,13). The summed E-state index contributed by atoms with van der Waals surface area (Å²) in [7, 11) is 1.36. The normalized spacial score (nSPS) is 11.9. The van der Waals surface area contributed by atoms with Crippen molar-refractivity contribution in [3.8, 4) is 0 Å². The Morgan fingerprint density at radius 1 is 1.29 bits per heavy atom. The van der Waals surface area contributed by atoms with Gasteiger partial charge in [-0.2, -0.15) is 0 Å². The van der Waals surface area contributed by atoms with E-state index in [9.17, 15) is 4.79 Å². The fraction of sp³-hybridized carbons (Fsp3) is 0.182. The predicted molar refractivity (Wildman–Crippen MR) is 53.7 cm³/mol. The van der Waals surface area contributed by atoms with Gasteiger partial charge in [0.15, 0.2) is 0 Å². The van der Waals surface area contributed by atoms with Crippen LogP contribution in [0.1, 0.15) is 12.5 Å². The highest BCUT2D eigenvalue weighted by Gasteiger charge is 2.12. The number of carboxylic acid groups (broad SMARTS) is 1. The van der Waals surface area contributed by atoms with E-state index in [1.54, 1.807) is 6.92 Å². The fourth-order valence-electron chi connectivity index (χ4n) is 1.22. The molecule has 14 heavy (non-hydrogen) atoms. The summed E-state index contributed by atoms with van der Waals surface area (Å²) in [6.07, 6.45) is 0. The van der Waals surface area contributed by atoms with Crippen molar-refractivity contribution in [2.75, 3.05) is 7.11 Å². The summed E-state index contributed by atoms with van der Waals surface area (Å²) in [4.78, 5) is 10.8. The molecule has 0 spiro atoms. The van der Waals surface area contributed by atoms with Crippen LogP contribution in [-0.2, 0) is 9.53 Å². The van der Waals surface area contributed by atoms with Gasteiger partial charge >= 0.3 is 5.97 Å². The molecule has 1 rings (SSSR count). The topological polar surface area (TPSA) is 46.5 Å². The van der Waals surface area contributed by atoms with Crippen LogP contribution < -0.4 is 0 Å². The van der Waals surface area contributed by atoms with Gasteiger partial charge in [-0.25, -0.2) is 4.79 Å². The quantitative estimate of drug-likeness (QED) is 0.589. The van der Waals surface area contributed by atoms with E-state index in [2.05, 4.69) is 0 Å². The minimum absolute atomic E-state index is 0.0174. The molecule has 0 aromatic heterocycles. The van der Waals surface area contributed by atoms with Gasteiger partial charge in [-0.05, 0) is 12.5 Å². The van der Waals surface area contributed by atoms with E-state index in [-0.39, 0.29) is 5.76 Å². The van der Waals surface area contributed by atoms with Gasteiger partial charge in [-0.15, -0.1) is 0 Å². The van der Waals surface area contributed by atoms with Crippen molar-refractivity contribution >= 4 is 11.5 Å². The molecule has 0 saturated heterocycles. The summed E-state index contributed by atoms with van der Waals surface area (Å²) >= 11 is 0. The maximum absolute atomic E-state index is 10.8. The van der Waals surface area contributed by atoms with Gasteiger partial charge in [0.25, 0.3) is 0 Å². The highest BCUT2D eigenvalue weighted by Crippen LogP contribution is 2.18. The Bertz CT molecular complexity index is 352. The smallest absolute Gasteiger partial charge is 0.371 e. The van der Waals surface area contributed by atoms with Gasteiger partial charge in [0.05, 0.1) is 7.11 Å². The number of hydrogen-bond acceptors (Lipinski definition) is 2. The molecule has 0 bridgehead atoms. The molecule has 0 aliphatic carbocycles. The number of allylic oxidation sites excluding steroid dienone is 1. The Kier molecular flexibility index (Phi) is 3.29. The van der Waals surface area contributed by atoms with Crippen LogP contribution >= 0.6 is 0 Å². The van der Waals surface area contributed by atoms with Crippen LogP contribution in [0.15, 0.2) is 36.1 Å². The number of hydrogen-bond donors (Lipinski definition) is 1. The third kappa shape index (κ3) is 2.13. The number of rotatable bonds is 3. The minimum Gasteiger partial charge on any atom is -0.490 e. The van der Waals surface area contributed by atoms with Crippen molar-refractivity contribution in [1.82, 2.24) is 0 Å². The van der Waals surface area contributed by atoms with Gasteiger partial charge in [-0.3, -0.25) is 0 Å². The zero-order chi connectivity index (χ0) is 10.6. The maximum Gasteiger partial charge on any atom is 0.371 e. The van der Waals surface area contributed by atoms with E-state index in [0.717, 1.165) is 5.56 Å². The lowest BCUT2D eigenvalue weighted by atomic mass is 10.1. The van der Waals surface area contributed by atoms with Crippen LogP contribution in [0.4, 0.5) is 0 Å². The molecular weight excluding hydrogens is 180 g/mol. The Labute approximate surface area is 82.6 Å². The number of methoxy groups -OCH3 is 1. The van der Waals surface area contributed by atoms with Crippen molar-refractivity contribution in [1.29, 1.82) is 0 Å². The molecule has 0 heterocycles. The average molecular weight is 192 g/mol. The lowest BCUT2D eigenvalue weighted by Gasteiger charge is -2.06. The summed E-state index contributed by atoms with van der Waals surface area (Å²) in [6, 6.07) is 9.28. The Morgan fingerprint density at radius 2 is 1.86 bits per heavy atom. The lowest BCUT2D eigenvalue weighted by molar-refractivity contribution is -0.135. The second kappa shape index (κ2) is 4.46. The summed E-state index contributed by atoms with van der Waals surface area (Å²) in [5.41, 5.74) is 1.48. The van der Waals surface area contributed by atoms with Crippen LogP contribution in [0.25, 0.3) is 5.57 Å². The minimum atomic E-state index is -1.05. The Hall–Kier alpha value is -1.77. The lowest BCUT2D eigenvalue weighted by Crippen LogP contribution is -2.04. The van der Waals surface area contributed by atoms with Crippen molar-refractivity contribution in [2.45, 2.75) is 6.92 Å². The van der Waals surface area contributed by atoms with E-state index < -0.39 is 5.97 Å². The molecule has 0 atom stereocenters. The first-order valence-electron chi connectivity index (χ1n) is 4.20. The molecule has 0 aliphatic rings. The van der Waals surface area contributed by atoms with E-state index in [0.29, 0.717) is 5.57 Å². The SMILES string of the molecule is COC(C(=O)O)=C(C)c1ccccc1. The fourth-order valence-corrected chi connectivity index (χ4v) is 1.22. The van der Waals surface area contributed by atoms with Crippen molar-refractivity contribution in [3.63, 3.8) is 0 Å². The van der Waals surface area contributed by atoms with E-state index in [1.165, 1.54) is 7.11 Å². The first-order valence-corrected chi connectivity index (χ1v) is 4.20. The summed E-state index contributed by atoms with van der Waals surface area (Å²) in [5, 5.41) is 8.82. The summed E-state index contributed by atoms with van der Waals surface area (Å²) < 4.78 is 4.81. The third-order valence-corrected chi connectivity index (χ3v) is 1.95. The van der Waals surface area contributed by atoms with E-state index in [1.807, 2.05) is 30.3 Å². The zero-order valence-corrected chi connectivity index (χ0v) is 8.15. The number of aliphatic carboxylic acids is 1. The van der Waals surface area contributed by atoms with Crippen molar-refractivity contribution in [3.05, 3.63) is 41.7 Å². The summed E-state index contributed by atoms with van der Waals surface area (Å²) in [6.45, 7) is 1.72. The van der Waals surface area contributed by atoms with Crippen molar-refractivity contribution < 1.29 is 14.6 Å². The highest BCUT2D eigenvalue weighted by atomic mass is 16.5. The third-order valence-electron chi connectivity index (χ3n) is 1.95. The first kappa shape index (κ1) is 10.3. The average Bonchev–Trinajstić information content (AvgIpc) is 2.19. The second-order valence-electron chi connectivity index (χ2n) is 2.83. The van der Waals surface area contributed by atoms with Gasteiger partial charge in [0.2, 0.25) is 5.76 Å². The highest BCUT2D eigenvalue weighted by molar-refractivity contribution is 5.93. The van der Waals surface area contributed by atoms with Crippen LogP contribution in [-0.4, -0.2) is 18.2 Å². The largest absolute Gasteiger partial charge is 0.490 e. The van der Waals surface area contributed by atoms with Gasteiger partial charge in [0, 0.05) is 5.57 Å². The molecule has 0 amide bonds. The van der Waals surface area contributed by atoms with Crippen LogP contribution in [0.2, 0.25) is 0 Å². The van der Waals surface area contributed by atoms with Crippen molar-refractivity contribution in [2.24, 2.45) is 0 Å². The van der Waals surface area contributed by atoms with Crippen LogP contribution in [0.3, 0.4) is 0 Å². The maximum atomic E-state index is 10.8. The molecular formula is C11H12O3. The number of ether oxygens (including phenoxy) is 1. The predicted octanol–water partition coefficient (Wildman–Crippen LogP) is 2.15. The molecule has 0 aliphatic heterocycles. The van der Waals surface area contributed by atoms with Crippen LogP contribution in [0, 0.1) is 0 Å². The molecule has 0 fully saturated rings. The van der Waals surface area contributed by atoms with Crippen LogP contribution in [0.5, 0.6) is 0 Å². The molecule has 0 radical (unpaired) electrons. The van der Waals surface area contributed by atoms with Gasteiger partial charge < -0.3 is 9.84 Å². The molecule has 0 unspecified atom stereocenters. The molecule has 1 N–H and O–H groups in total. The number of benzene rings is 1. The molecule has 0 saturated carbocycles. The van der Waals surface area contributed by atoms with Gasteiger partial charge in [0.1, 0.15) is 0 Å². The Morgan fingerprint density at radius 3 is 2.29 bits per heavy atom. The summed E-state index contributed by atoms with van der Waals surface area (Å²) in [5.74, 6) is -1.06. The molecule has 3 nitrogen and oxygen atoms in total. The van der Waals surface area contributed by atoms with E-state index >= 15 is 0 Å². The molecule has 74 valence electrons. The monoisotopic (exact) mass is 192 g/mol. The van der Waals surface area contributed by atoms with E-state index in [4.69, 9.17) is 9.84 Å². The Balaban J connectivity index is 3.15. The van der Waals surface area contributed by atoms with Gasteiger partial charge in [-0.1, -0.05) is 30.3 Å². The molecule has 3 heteroatoms. The molecule has 1 aromatic carbocycles. The number of carbonyl (C=O) groups is 1. The first-order chi connectivity index (χ1) is 6.66. The second-order valence-corrected chi connectivity index (χ2v) is 2.83. The number of carboxylic acids is 1. The molecule has 1 aromatic rings. The zero-order valence-electron chi connectivity index (χ0n) is 8.15.